The topological polar surface area (TPSA) is 9.23 Å². The van der Waals surface area contributed by atoms with E-state index in [2.05, 4.69) is 5.92 Å². The van der Waals surface area contributed by atoms with E-state index in [1.165, 1.54) is 0 Å². The molecule has 1 rings (SSSR count). The summed E-state index contributed by atoms with van der Waals surface area (Å²) in [5.41, 5.74) is 0.698. The van der Waals surface area contributed by atoms with E-state index in [1.807, 2.05) is 6.92 Å². The summed E-state index contributed by atoms with van der Waals surface area (Å²) in [6.07, 6.45) is 5.26. The number of rotatable bonds is 2. The van der Waals surface area contributed by atoms with Crippen LogP contribution < -0.4 is 4.74 Å². The van der Waals surface area contributed by atoms with Crippen LogP contribution in [0.5, 0.6) is 5.75 Å². The lowest BCUT2D eigenvalue weighted by molar-refractivity contribution is 0.339. The monoisotopic (exact) mass is 180 g/mol. The lowest BCUT2D eigenvalue weighted by Gasteiger charge is -2.05. The number of halogens is 1. The van der Waals surface area contributed by atoms with Crippen molar-refractivity contribution in [2.45, 2.75) is 6.92 Å². The molecule has 12 heavy (non-hydrogen) atoms. The summed E-state index contributed by atoms with van der Waals surface area (Å²) in [6, 6.07) is 5.25. The average molecular weight is 181 g/mol. The molecule has 0 unspecified atom stereocenters. The Morgan fingerprint density at radius 1 is 1.58 bits per heavy atom. The SMILES string of the molecule is C#Cc1cc(Cl)ccc1OCC. The van der Waals surface area contributed by atoms with Crippen molar-refractivity contribution in [3.63, 3.8) is 0 Å². The van der Waals surface area contributed by atoms with Crippen molar-refractivity contribution in [2.24, 2.45) is 0 Å². The Bertz CT molecular complexity index is 312. The Hall–Kier alpha value is -1.13. The molecule has 0 amide bonds. The van der Waals surface area contributed by atoms with Gasteiger partial charge in [-0.2, -0.15) is 0 Å². The van der Waals surface area contributed by atoms with Crippen LogP contribution in [-0.2, 0) is 0 Å². The van der Waals surface area contributed by atoms with Crippen molar-refractivity contribution < 1.29 is 4.74 Å². The van der Waals surface area contributed by atoms with Crippen molar-refractivity contribution in [3.8, 4) is 18.1 Å². The van der Waals surface area contributed by atoms with Gasteiger partial charge in [-0.3, -0.25) is 0 Å². The van der Waals surface area contributed by atoms with Crippen LogP contribution in [0.4, 0.5) is 0 Å². The van der Waals surface area contributed by atoms with E-state index in [4.69, 9.17) is 22.8 Å². The van der Waals surface area contributed by atoms with Gasteiger partial charge in [0.15, 0.2) is 0 Å². The maximum Gasteiger partial charge on any atom is 0.134 e. The maximum atomic E-state index is 5.74. The smallest absolute Gasteiger partial charge is 0.134 e. The minimum atomic E-state index is 0.607. The van der Waals surface area contributed by atoms with Crippen molar-refractivity contribution in [1.29, 1.82) is 0 Å². The molecule has 0 aliphatic rings. The van der Waals surface area contributed by atoms with Gasteiger partial charge >= 0.3 is 0 Å². The molecule has 0 aliphatic carbocycles. The van der Waals surface area contributed by atoms with Crippen LogP contribution in [0.2, 0.25) is 5.02 Å². The third-order valence-electron chi connectivity index (χ3n) is 1.40. The molecule has 0 radical (unpaired) electrons. The van der Waals surface area contributed by atoms with Gasteiger partial charge in [0.1, 0.15) is 5.75 Å². The van der Waals surface area contributed by atoms with Gasteiger partial charge in [0, 0.05) is 5.02 Å². The average Bonchev–Trinajstić information content (AvgIpc) is 2.08. The zero-order valence-corrected chi connectivity index (χ0v) is 7.56. The van der Waals surface area contributed by atoms with E-state index in [9.17, 15) is 0 Å². The van der Waals surface area contributed by atoms with E-state index in [-0.39, 0.29) is 0 Å². The predicted molar refractivity (Wildman–Crippen MR) is 50.6 cm³/mol. The van der Waals surface area contributed by atoms with Crippen molar-refractivity contribution >= 4 is 11.6 Å². The van der Waals surface area contributed by atoms with Gasteiger partial charge in [0.05, 0.1) is 12.2 Å². The van der Waals surface area contributed by atoms with Crippen LogP contribution in [0, 0.1) is 12.3 Å². The van der Waals surface area contributed by atoms with Gasteiger partial charge in [-0.15, -0.1) is 6.42 Å². The summed E-state index contributed by atoms with van der Waals surface area (Å²) >= 11 is 5.74. The first-order chi connectivity index (χ1) is 5.77. The van der Waals surface area contributed by atoms with Crippen LogP contribution in [0.15, 0.2) is 18.2 Å². The third kappa shape index (κ3) is 1.93. The van der Waals surface area contributed by atoms with Gasteiger partial charge in [0.2, 0.25) is 0 Å². The molecule has 2 heteroatoms. The Kier molecular flexibility index (Phi) is 3.01. The number of benzene rings is 1. The normalized spacial score (nSPS) is 9.08. The lowest BCUT2D eigenvalue weighted by atomic mass is 10.2. The number of ether oxygens (including phenoxy) is 1. The summed E-state index contributed by atoms with van der Waals surface area (Å²) in [6.45, 7) is 2.52. The summed E-state index contributed by atoms with van der Waals surface area (Å²) in [7, 11) is 0. The number of hydrogen-bond acceptors (Lipinski definition) is 1. The highest BCUT2D eigenvalue weighted by atomic mass is 35.5. The standard InChI is InChI=1S/C10H9ClO/c1-3-8-7-9(11)5-6-10(8)12-4-2/h1,5-7H,4H2,2H3. The van der Waals surface area contributed by atoms with Crippen LogP contribution in [0.25, 0.3) is 0 Å². The summed E-state index contributed by atoms with van der Waals surface area (Å²) < 4.78 is 5.28. The molecule has 0 spiro atoms. The molecule has 0 aliphatic heterocycles. The molecule has 0 bridgehead atoms. The molecular weight excluding hydrogens is 172 g/mol. The molecule has 1 nitrogen and oxygen atoms in total. The Morgan fingerprint density at radius 3 is 2.92 bits per heavy atom. The lowest BCUT2D eigenvalue weighted by Crippen LogP contribution is -1.93. The van der Waals surface area contributed by atoms with E-state index >= 15 is 0 Å². The fraction of sp³-hybridized carbons (Fsp3) is 0.200. The second-order valence-corrected chi connectivity index (χ2v) is 2.65. The second kappa shape index (κ2) is 4.04. The molecule has 0 saturated heterocycles. The van der Waals surface area contributed by atoms with Crippen molar-refractivity contribution in [3.05, 3.63) is 28.8 Å². The largest absolute Gasteiger partial charge is 0.493 e. The van der Waals surface area contributed by atoms with Crippen LogP contribution in [-0.4, -0.2) is 6.61 Å². The van der Waals surface area contributed by atoms with Gasteiger partial charge in [-0.05, 0) is 25.1 Å². The first kappa shape index (κ1) is 8.96. The Labute approximate surface area is 77.3 Å². The molecule has 0 atom stereocenters. The first-order valence-electron chi connectivity index (χ1n) is 3.67. The van der Waals surface area contributed by atoms with Gasteiger partial charge in [0.25, 0.3) is 0 Å². The molecule has 0 fully saturated rings. The van der Waals surface area contributed by atoms with Crippen molar-refractivity contribution in [2.75, 3.05) is 6.61 Å². The maximum absolute atomic E-state index is 5.74. The highest BCUT2D eigenvalue weighted by molar-refractivity contribution is 6.30. The Balaban J connectivity index is 3.05. The fourth-order valence-corrected chi connectivity index (χ4v) is 1.07. The van der Waals surface area contributed by atoms with E-state index in [0.29, 0.717) is 22.9 Å². The van der Waals surface area contributed by atoms with E-state index in [1.54, 1.807) is 18.2 Å². The number of hydrogen-bond donors (Lipinski definition) is 0. The minimum Gasteiger partial charge on any atom is -0.493 e. The molecule has 1 aromatic rings. The van der Waals surface area contributed by atoms with Crippen molar-refractivity contribution in [1.82, 2.24) is 0 Å². The molecule has 0 aromatic heterocycles. The molecule has 62 valence electrons. The predicted octanol–water partition coefficient (Wildman–Crippen LogP) is 2.72. The van der Waals surface area contributed by atoms with Gasteiger partial charge < -0.3 is 4.74 Å². The van der Waals surface area contributed by atoms with Gasteiger partial charge in [-0.1, -0.05) is 17.5 Å². The van der Waals surface area contributed by atoms with E-state index in [0.717, 1.165) is 0 Å². The summed E-state index contributed by atoms with van der Waals surface area (Å²) in [4.78, 5) is 0. The fourth-order valence-electron chi connectivity index (χ4n) is 0.896. The highest BCUT2D eigenvalue weighted by Crippen LogP contribution is 2.21. The molecule has 0 heterocycles. The minimum absolute atomic E-state index is 0.607. The zero-order valence-electron chi connectivity index (χ0n) is 6.80. The molecular formula is C10H9ClO. The van der Waals surface area contributed by atoms with Crippen LogP contribution in [0.3, 0.4) is 0 Å². The summed E-state index contributed by atoms with van der Waals surface area (Å²) in [5, 5.41) is 0.631. The quantitative estimate of drug-likeness (QED) is 0.636. The molecule has 0 N–H and O–H groups in total. The third-order valence-corrected chi connectivity index (χ3v) is 1.63. The highest BCUT2D eigenvalue weighted by Gasteiger charge is 2.00. The molecule has 0 saturated carbocycles. The van der Waals surface area contributed by atoms with E-state index < -0.39 is 0 Å². The zero-order chi connectivity index (χ0) is 8.97. The first-order valence-corrected chi connectivity index (χ1v) is 4.04. The Morgan fingerprint density at radius 2 is 2.33 bits per heavy atom. The van der Waals surface area contributed by atoms with Crippen LogP contribution >= 0.6 is 11.6 Å². The van der Waals surface area contributed by atoms with Gasteiger partial charge in [-0.25, -0.2) is 0 Å². The summed E-state index contributed by atoms with van der Waals surface area (Å²) in [5.74, 6) is 3.22. The van der Waals surface area contributed by atoms with Crippen LogP contribution in [0.1, 0.15) is 12.5 Å². The molecule has 1 aromatic carbocycles. The second-order valence-electron chi connectivity index (χ2n) is 2.22. The number of terminal acetylenes is 1.